The number of amides is 3. The number of hydrogen-bond acceptors (Lipinski definition) is 6. The van der Waals surface area contributed by atoms with Crippen LogP contribution in [-0.2, 0) is 9.53 Å². The molecular formula is C29H42ClN5O4. The molecule has 1 aromatic rings. The first-order chi connectivity index (χ1) is 18.6. The molecule has 39 heavy (non-hydrogen) atoms. The standard InChI is InChI=1S/C29H42ClN5O4/c1-29(2,3)39-28(38)34-11-9-23(10-12-34)35-18-22(19-35)31-21-7-8-24(25(30)17-21)27(37)33-15-13-32(14-16-33)26(36)20-5-4-6-20/h7-8,17,20,22-23,31H,4-6,9-16,18-19H2,1-3H3. The van der Waals surface area contributed by atoms with Gasteiger partial charge in [-0.3, -0.25) is 14.5 Å². The van der Waals surface area contributed by atoms with Crippen LogP contribution in [0.3, 0.4) is 0 Å². The highest BCUT2D eigenvalue weighted by Gasteiger charge is 2.36. The third-order valence-electron chi connectivity index (χ3n) is 8.45. The number of nitrogens with one attached hydrogen (secondary N) is 1. The van der Waals surface area contributed by atoms with Crippen LogP contribution in [0.25, 0.3) is 0 Å². The summed E-state index contributed by atoms with van der Waals surface area (Å²) in [5.74, 6) is 0.374. The maximum Gasteiger partial charge on any atom is 0.410 e. The summed E-state index contributed by atoms with van der Waals surface area (Å²) in [5.41, 5.74) is 0.953. The first kappa shape index (κ1) is 28.0. The molecule has 0 bridgehead atoms. The van der Waals surface area contributed by atoms with Gasteiger partial charge in [-0.2, -0.15) is 0 Å². The van der Waals surface area contributed by atoms with Crippen molar-refractivity contribution in [2.45, 2.75) is 70.6 Å². The van der Waals surface area contributed by atoms with Gasteiger partial charge in [0.25, 0.3) is 5.91 Å². The SMILES string of the molecule is CC(C)(C)OC(=O)N1CCC(N2CC(Nc3ccc(C(=O)N4CCN(C(=O)C5CCC5)CC4)c(Cl)c3)C2)CC1. The lowest BCUT2D eigenvalue weighted by Crippen LogP contribution is -2.60. The van der Waals surface area contributed by atoms with Gasteiger partial charge in [0.05, 0.1) is 16.6 Å². The monoisotopic (exact) mass is 559 g/mol. The van der Waals surface area contributed by atoms with E-state index in [1.54, 1.807) is 4.90 Å². The maximum atomic E-state index is 13.1. The van der Waals surface area contributed by atoms with Crippen LogP contribution in [0.1, 0.15) is 63.2 Å². The summed E-state index contributed by atoms with van der Waals surface area (Å²) in [5, 5.41) is 3.99. The fourth-order valence-electron chi connectivity index (χ4n) is 5.87. The van der Waals surface area contributed by atoms with Crippen molar-refractivity contribution in [3.05, 3.63) is 28.8 Å². The van der Waals surface area contributed by atoms with E-state index in [-0.39, 0.29) is 23.8 Å². The summed E-state index contributed by atoms with van der Waals surface area (Å²) < 4.78 is 5.50. The topological polar surface area (TPSA) is 85.4 Å². The number of piperidine rings is 1. The summed E-state index contributed by atoms with van der Waals surface area (Å²) in [6.45, 7) is 11.3. The summed E-state index contributed by atoms with van der Waals surface area (Å²) in [6, 6.07) is 6.38. The lowest BCUT2D eigenvalue weighted by Gasteiger charge is -2.47. The van der Waals surface area contributed by atoms with Crippen molar-refractivity contribution in [3.8, 4) is 0 Å². The Balaban J connectivity index is 1.05. The van der Waals surface area contributed by atoms with Crippen LogP contribution in [0.4, 0.5) is 10.5 Å². The minimum absolute atomic E-state index is 0.0742. The number of rotatable bonds is 5. The zero-order valence-electron chi connectivity index (χ0n) is 23.5. The molecule has 1 saturated carbocycles. The highest BCUT2D eigenvalue weighted by atomic mass is 35.5. The normalized spacial score (nSPS) is 21.8. The van der Waals surface area contributed by atoms with Gasteiger partial charge in [0, 0.05) is 70.0 Å². The van der Waals surface area contributed by atoms with Crippen LogP contribution >= 0.6 is 11.6 Å². The molecule has 0 spiro atoms. The molecule has 0 radical (unpaired) electrons. The molecule has 10 heteroatoms. The van der Waals surface area contributed by atoms with Gasteiger partial charge in [-0.25, -0.2) is 4.79 Å². The quantitative estimate of drug-likeness (QED) is 0.588. The van der Waals surface area contributed by atoms with E-state index in [1.165, 1.54) is 0 Å². The van der Waals surface area contributed by atoms with Crippen LogP contribution in [0.15, 0.2) is 18.2 Å². The Labute approximate surface area is 236 Å². The van der Waals surface area contributed by atoms with E-state index in [9.17, 15) is 14.4 Å². The molecule has 0 aromatic heterocycles. The first-order valence-electron chi connectivity index (χ1n) is 14.4. The Bertz CT molecular complexity index is 1070. The van der Waals surface area contributed by atoms with Gasteiger partial charge < -0.3 is 24.8 Å². The average molecular weight is 560 g/mol. The number of carbonyl (C=O) groups is 3. The van der Waals surface area contributed by atoms with E-state index in [1.807, 2.05) is 48.8 Å². The van der Waals surface area contributed by atoms with Crippen molar-refractivity contribution in [2.75, 3.05) is 57.7 Å². The van der Waals surface area contributed by atoms with E-state index >= 15 is 0 Å². The summed E-state index contributed by atoms with van der Waals surface area (Å²) in [6.07, 6.45) is 4.84. The molecule has 0 atom stereocenters. The molecule has 3 amide bonds. The van der Waals surface area contributed by atoms with E-state index in [0.717, 1.165) is 64.0 Å². The van der Waals surface area contributed by atoms with Gasteiger partial charge in [-0.05, 0) is 64.7 Å². The van der Waals surface area contributed by atoms with Gasteiger partial charge >= 0.3 is 6.09 Å². The number of anilines is 1. The van der Waals surface area contributed by atoms with Crippen molar-refractivity contribution >= 4 is 35.2 Å². The van der Waals surface area contributed by atoms with E-state index in [2.05, 4.69) is 10.2 Å². The number of piperazine rings is 1. The summed E-state index contributed by atoms with van der Waals surface area (Å²) >= 11 is 6.56. The number of hydrogen-bond donors (Lipinski definition) is 1. The molecule has 1 N–H and O–H groups in total. The Morgan fingerprint density at radius 2 is 1.54 bits per heavy atom. The van der Waals surface area contributed by atoms with Gasteiger partial charge in [0.15, 0.2) is 0 Å². The molecule has 0 unspecified atom stereocenters. The van der Waals surface area contributed by atoms with Crippen LogP contribution in [-0.4, -0.2) is 108 Å². The van der Waals surface area contributed by atoms with Crippen molar-refractivity contribution in [1.29, 1.82) is 0 Å². The van der Waals surface area contributed by atoms with Gasteiger partial charge in [0.2, 0.25) is 5.91 Å². The van der Waals surface area contributed by atoms with E-state index in [0.29, 0.717) is 48.8 Å². The molecule has 3 saturated heterocycles. The Kier molecular flexibility index (Phi) is 8.29. The summed E-state index contributed by atoms with van der Waals surface area (Å²) in [4.78, 5) is 45.9. The fraction of sp³-hybridized carbons (Fsp3) is 0.690. The predicted octanol–water partition coefficient (Wildman–Crippen LogP) is 3.92. The molecule has 4 fully saturated rings. The van der Waals surface area contributed by atoms with E-state index < -0.39 is 5.60 Å². The largest absolute Gasteiger partial charge is 0.444 e. The van der Waals surface area contributed by atoms with Crippen LogP contribution in [0, 0.1) is 5.92 Å². The molecule has 1 aromatic carbocycles. The molecule has 1 aliphatic carbocycles. The third kappa shape index (κ3) is 6.62. The molecule has 214 valence electrons. The second kappa shape index (κ2) is 11.5. The van der Waals surface area contributed by atoms with Crippen molar-refractivity contribution < 1.29 is 19.1 Å². The fourth-order valence-corrected chi connectivity index (χ4v) is 6.13. The zero-order chi connectivity index (χ0) is 27.7. The number of ether oxygens (including phenoxy) is 1. The number of benzene rings is 1. The highest BCUT2D eigenvalue weighted by Crippen LogP contribution is 2.30. The van der Waals surface area contributed by atoms with Crippen molar-refractivity contribution in [2.24, 2.45) is 5.92 Å². The van der Waals surface area contributed by atoms with Crippen LogP contribution in [0.5, 0.6) is 0 Å². The average Bonchev–Trinajstić information content (AvgIpc) is 2.84. The molecule has 5 rings (SSSR count). The second-order valence-corrected chi connectivity index (χ2v) is 12.8. The predicted molar refractivity (Wildman–Crippen MR) is 151 cm³/mol. The maximum absolute atomic E-state index is 13.1. The Morgan fingerprint density at radius 1 is 0.897 bits per heavy atom. The zero-order valence-corrected chi connectivity index (χ0v) is 24.2. The van der Waals surface area contributed by atoms with Gasteiger partial charge in [-0.1, -0.05) is 18.0 Å². The minimum Gasteiger partial charge on any atom is -0.444 e. The first-order valence-corrected chi connectivity index (χ1v) is 14.8. The summed E-state index contributed by atoms with van der Waals surface area (Å²) in [7, 11) is 0. The molecule has 3 aliphatic heterocycles. The Hall–Kier alpha value is -2.52. The second-order valence-electron chi connectivity index (χ2n) is 12.4. The lowest BCUT2D eigenvalue weighted by atomic mass is 9.84. The van der Waals surface area contributed by atoms with Crippen molar-refractivity contribution in [1.82, 2.24) is 19.6 Å². The van der Waals surface area contributed by atoms with Crippen LogP contribution < -0.4 is 5.32 Å². The molecule has 3 heterocycles. The van der Waals surface area contributed by atoms with Crippen LogP contribution in [0.2, 0.25) is 5.02 Å². The van der Waals surface area contributed by atoms with E-state index in [4.69, 9.17) is 16.3 Å². The van der Waals surface area contributed by atoms with Gasteiger partial charge in [0.1, 0.15) is 5.60 Å². The number of likely N-dealkylation sites (tertiary alicyclic amines) is 2. The number of carbonyl (C=O) groups excluding carboxylic acids is 3. The number of halogens is 1. The molecule has 9 nitrogen and oxygen atoms in total. The van der Waals surface area contributed by atoms with Gasteiger partial charge in [-0.15, -0.1) is 0 Å². The highest BCUT2D eigenvalue weighted by molar-refractivity contribution is 6.34. The number of nitrogens with zero attached hydrogens (tertiary/aromatic N) is 4. The Morgan fingerprint density at radius 3 is 2.10 bits per heavy atom. The minimum atomic E-state index is -0.468. The molecule has 4 aliphatic rings. The third-order valence-corrected chi connectivity index (χ3v) is 8.76. The van der Waals surface area contributed by atoms with Crippen molar-refractivity contribution in [3.63, 3.8) is 0 Å². The lowest BCUT2D eigenvalue weighted by molar-refractivity contribution is -0.139. The smallest absolute Gasteiger partial charge is 0.410 e. The molecular weight excluding hydrogens is 518 g/mol.